The molecule has 0 fully saturated rings. The van der Waals surface area contributed by atoms with Crippen LogP contribution in [-0.4, -0.2) is 11.8 Å². The summed E-state index contributed by atoms with van der Waals surface area (Å²) in [7, 11) is 0. The van der Waals surface area contributed by atoms with Crippen molar-refractivity contribution in [3.63, 3.8) is 0 Å². The molecule has 0 spiro atoms. The van der Waals surface area contributed by atoms with Gasteiger partial charge >= 0.3 is 0 Å². The minimum Gasteiger partial charge on any atom is -0.398 e. The Morgan fingerprint density at radius 3 is 1.85 bits per heavy atom. The van der Waals surface area contributed by atoms with Crippen molar-refractivity contribution in [3.8, 4) is 22.3 Å². The zero-order valence-corrected chi connectivity index (χ0v) is 13.7. The van der Waals surface area contributed by atoms with Gasteiger partial charge in [-0.05, 0) is 53.1 Å². The lowest BCUT2D eigenvalue weighted by Crippen LogP contribution is -2.14. The molecule has 0 atom stereocenters. The Bertz CT molecular complexity index is 997. The number of amides is 2. The third-order valence-electron chi connectivity index (χ3n) is 4.10. The molecular formula is C20H16FN3O2. The van der Waals surface area contributed by atoms with Crippen molar-refractivity contribution >= 4 is 17.5 Å². The maximum atomic E-state index is 13.2. The zero-order chi connectivity index (χ0) is 18.8. The van der Waals surface area contributed by atoms with Crippen molar-refractivity contribution in [1.29, 1.82) is 0 Å². The van der Waals surface area contributed by atoms with Gasteiger partial charge in [-0.15, -0.1) is 0 Å². The molecule has 0 aromatic heterocycles. The Hall–Kier alpha value is -3.67. The van der Waals surface area contributed by atoms with Crippen LogP contribution in [0.2, 0.25) is 0 Å². The minimum absolute atomic E-state index is 0.167. The van der Waals surface area contributed by atoms with Crippen LogP contribution >= 0.6 is 0 Å². The van der Waals surface area contributed by atoms with E-state index in [-0.39, 0.29) is 17.1 Å². The lowest BCUT2D eigenvalue weighted by molar-refractivity contribution is 0.0992. The second kappa shape index (κ2) is 6.68. The number of carbonyl (C=O) groups excluding carboxylic acids is 2. The standard InChI is InChI=1S/C20H16FN3O2/c21-15-7-5-11(6-8-15)14-9-16(18(22)17(10-14)20(24)26)12-1-3-13(4-2-12)19(23)25/h1-10H,22H2,(H2,23,25)(H2,24,26). The molecule has 0 aliphatic carbocycles. The fraction of sp³-hybridized carbons (Fsp3) is 0. The molecule has 2 amide bonds. The first-order valence-corrected chi connectivity index (χ1v) is 7.76. The van der Waals surface area contributed by atoms with E-state index in [1.807, 2.05) is 0 Å². The summed E-state index contributed by atoms with van der Waals surface area (Å²) in [5.41, 5.74) is 20.3. The van der Waals surface area contributed by atoms with Gasteiger partial charge in [0.25, 0.3) is 5.91 Å². The number of nitrogens with two attached hydrogens (primary N) is 3. The topological polar surface area (TPSA) is 112 Å². The summed E-state index contributed by atoms with van der Waals surface area (Å²) in [5.74, 6) is -1.56. The van der Waals surface area contributed by atoms with E-state index >= 15 is 0 Å². The van der Waals surface area contributed by atoms with Gasteiger partial charge in [0.15, 0.2) is 0 Å². The maximum absolute atomic E-state index is 13.2. The van der Waals surface area contributed by atoms with Crippen molar-refractivity contribution in [2.45, 2.75) is 0 Å². The third kappa shape index (κ3) is 3.25. The Morgan fingerprint density at radius 1 is 0.731 bits per heavy atom. The van der Waals surface area contributed by atoms with E-state index < -0.39 is 11.8 Å². The first kappa shape index (κ1) is 17.2. The number of nitrogen functional groups attached to an aromatic ring is 1. The molecule has 6 heteroatoms. The lowest BCUT2D eigenvalue weighted by Gasteiger charge is -2.13. The summed E-state index contributed by atoms with van der Waals surface area (Å²) in [6.07, 6.45) is 0. The largest absolute Gasteiger partial charge is 0.398 e. The van der Waals surface area contributed by atoms with Gasteiger partial charge in [0.05, 0.1) is 11.3 Å². The van der Waals surface area contributed by atoms with Crippen LogP contribution in [0.5, 0.6) is 0 Å². The van der Waals surface area contributed by atoms with Crippen molar-refractivity contribution in [2.75, 3.05) is 5.73 Å². The van der Waals surface area contributed by atoms with Gasteiger partial charge in [-0.2, -0.15) is 0 Å². The SMILES string of the molecule is NC(=O)c1ccc(-c2cc(-c3ccc(F)cc3)cc(C(N)=O)c2N)cc1. The van der Waals surface area contributed by atoms with Crippen molar-refractivity contribution in [2.24, 2.45) is 11.5 Å². The lowest BCUT2D eigenvalue weighted by atomic mass is 9.93. The summed E-state index contributed by atoms with van der Waals surface area (Å²) in [5, 5.41) is 0. The second-order valence-corrected chi connectivity index (χ2v) is 5.80. The predicted octanol–water partition coefficient (Wildman–Crippen LogP) is 2.94. The molecule has 130 valence electrons. The fourth-order valence-corrected chi connectivity index (χ4v) is 2.72. The molecule has 26 heavy (non-hydrogen) atoms. The van der Waals surface area contributed by atoms with Crippen LogP contribution in [0.1, 0.15) is 20.7 Å². The van der Waals surface area contributed by atoms with Crippen LogP contribution in [0.25, 0.3) is 22.3 Å². The van der Waals surface area contributed by atoms with E-state index in [0.717, 1.165) is 0 Å². The summed E-state index contributed by atoms with van der Waals surface area (Å²) in [4.78, 5) is 23.0. The van der Waals surface area contributed by atoms with Crippen LogP contribution in [-0.2, 0) is 0 Å². The monoisotopic (exact) mass is 349 g/mol. The molecule has 0 bridgehead atoms. The summed E-state index contributed by atoms with van der Waals surface area (Å²) < 4.78 is 13.2. The van der Waals surface area contributed by atoms with Crippen molar-refractivity contribution < 1.29 is 14.0 Å². The highest BCUT2D eigenvalue weighted by Crippen LogP contribution is 2.34. The predicted molar refractivity (Wildman–Crippen MR) is 98.7 cm³/mol. The van der Waals surface area contributed by atoms with E-state index in [2.05, 4.69) is 0 Å². The average molecular weight is 349 g/mol. The highest BCUT2D eigenvalue weighted by atomic mass is 19.1. The zero-order valence-electron chi connectivity index (χ0n) is 13.7. The molecule has 3 aromatic rings. The molecule has 5 nitrogen and oxygen atoms in total. The first-order valence-electron chi connectivity index (χ1n) is 7.76. The van der Waals surface area contributed by atoms with Gasteiger partial charge in [0.1, 0.15) is 5.82 Å². The Kier molecular flexibility index (Phi) is 4.41. The number of rotatable bonds is 4. The van der Waals surface area contributed by atoms with E-state index in [4.69, 9.17) is 17.2 Å². The maximum Gasteiger partial charge on any atom is 0.250 e. The summed E-state index contributed by atoms with van der Waals surface area (Å²) in [6.45, 7) is 0. The van der Waals surface area contributed by atoms with E-state index in [9.17, 15) is 14.0 Å². The fourth-order valence-electron chi connectivity index (χ4n) is 2.72. The minimum atomic E-state index is -0.665. The summed E-state index contributed by atoms with van der Waals surface area (Å²) >= 11 is 0. The molecule has 0 radical (unpaired) electrons. The van der Waals surface area contributed by atoms with Crippen LogP contribution in [0.15, 0.2) is 60.7 Å². The molecule has 3 rings (SSSR count). The van der Waals surface area contributed by atoms with Crippen LogP contribution in [0.3, 0.4) is 0 Å². The molecule has 6 N–H and O–H groups in total. The molecule has 0 unspecified atom stereocenters. The van der Waals surface area contributed by atoms with Crippen molar-refractivity contribution in [3.05, 3.63) is 77.6 Å². The second-order valence-electron chi connectivity index (χ2n) is 5.80. The highest BCUT2D eigenvalue weighted by Gasteiger charge is 2.15. The molecule has 0 aliphatic rings. The Morgan fingerprint density at radius 2 is 1.31 bits per heavy atom. The number of carbonyl (C=O) groups is 2. The Balaban J connectivity index is 2.18. The average Bonchev–Trinajstić information content (AvgIpc) is 2.62. The van der Waals surface area contributed by atoms with Crippen LogP contribution < -0.4 is 17.2 Å². The van der Waals surface area contributed by atoms with Crippen LogP contribution in [0.4, 0.5) is 10.1 Å². The normalized spacial score (nSPS) is 10.5. The van der Waals surface area contributed by atoms with E-state index in [0.29, 0.717) is 27.8 Å². The number of primary amides is 2. The van der Waals surface area contributed by atoms with Gasteiger partial charge in [-0.3, -0.25) is 9.59 Å². The number of hydrogen-bond donors (Lipinski definition) is 3. The number of anilines is 1. The van der Waals surface area contributed by atoms with Crippen molar-refractivity contribution in [1.82, 2.24) is 0 Å². The number of hydrogen-bond acceptors (Lipinski definition) is 3. The smallest absolute Gasteiger partial charge is 0.250 e. The molecule has 0 heterocycles. The van der Waals surface area contributed by atoms with Crippen LogP contribution in [0, 0.1) is 5.82 Å². The quantitative estimate of drug-likeness (QED) is 0.629. The first-order chi connectivity index (χ1) is 12.4. The van der Waals surface area contributed by atoms with Gasteiger partial charge in [-0.1, -0.05) is 24.3 Å². The molecule has 0 saturated heterocycles. The molecular weight excluding hydrogens is 333 g/mol. The number of benzene rings is 3. The third-order valence-corrected chi connectivity index (χ3v) is 4.10. The van der Waals surface area contributed by atoms with E-state index in [1.54, 1.807) is 48.5 Å². The molecule has 0 aliphatic heterocycles. The highest BCUT2D eigenvalue weighted by molar-refractivity contribution is 6.03. The van der Waals surface area contributed by atoms with Gasteiger partial charge in [-0.25, -0.2) is 4.39 Å². The summed E-state index contributed by atoms with van der Waals surface area (Å²) in [6, 6.07) is 15.7. The van der Waals surface area contributed by atoms with Gasteiger partial charge in [0.2, 0.25) is 5.91 Å². The van der Waals surface area contributed by atoms with E-state index in [1.165, 1.54) is 12.1 Å². The Labute approximate surface area is 149 Å². The van der Waals surface area contributed by atoms with Gasteiger partial charge in [0, 0.05) is 11.1 Å². The molecule has 3 aromatic carbocycles. The molecule has 0 saturated carbocycles. The van der Waals surface area contributed by atoms with Gasteiger partial charge < -0.3 is 17.2 Å². The number of halogens is 1.